The largest absolute Gasteiger partial charge is 0.449 e. The van der Waals surface area contributed by atoms with E-state index in [0.717, 1.165) is 0 Å². The summed E-state index contributed by atoms with van der Waals surface area (Å²) in [5.74, 6) is -2.91. The number of carbonyl (C=O) groups is 1. The molecule has 0 radical (unpaired) electrons. The molecule has 0 unspecified atom stereocenters. The molecule has 0 rings (SSSR count). The van der Waals surface area contributed by atoms with E-state index < -0.39 is 37.0 Å². The van der Waals surface area contributed by atoms with Gasteiger partial charge in [-0.2, -0.15) is 13.2 Å². The number of hydrogen-bond donors (Lipinski definition) is 2. The third-order valence-corrected chi connectivity index (χ3v) is 1.66. The van der Waals surface area contributed by atoms with Gasteiger partial charge in [0, 0.05) is 18.9 Å². The highest BCUT2D eigenvalue weighted by molar-refractivity contribution is 5.84. The van der Waals surface area contributed by atoms with E-state index in [1.54, 1.807) is 0 Å². The zero-order valence-corrected chi connectivity index (χ0v) is 6.97. The number of Topliss-reactive ketones (excluding diaryl/α,β-unsaturated/α-hetero) is 1. The van der Waals surface area contributed by atoms with E-state index in [-0.39, 0.29) is 0 Å². The lowest BCUT2D eigenvalue weighted by atomic mass is 9.98. The van der Waals surface area contributed by atoms with Crippen LogP contribution >= 0.6 is 0 Å². The van der Waals surface area contributed by atoms with Gasteiger partial charge in [0.05, 0.1) is 6.10 Å². The number of alkyl halides is 3. The number of ketones is 1. The molecular formula is C7H11F3O3. The SMILES string of the molecule is [2H]OC[C@H](CC(=O)C(F)(F)F)[C@H](C)O. The fraction of sp³-hybridized carbons (Fsp3) is 0.857. The fourth-order valence-electron chi connectivity index (χ4n) is 0.723. The predicted octanol–water partition coefficient (Wildman–Crippen LogP) is 0.497. The third-order valence-electron chi connectivity index (χ3n) is 1.66. The Morgan fingerprint density at radius 1 is 1.62 bits per heavy atom. The fourth-order valence-corrected chi connectivity index (χ4v) is 0.723. The van der Waals surface area contributed by atoms with Crippen molar-refractivity contribution in [3.63, 3.8) is 0 Å². The van der Waals surface area contributed by atoms with Crippen LogP contribution in [0.25, 0.3) is 0 Å². The highest BCUT2D eigenvalue weighted by Crippen LogP contribution is 2.21. The van der Waals surface area contributed by atoms with E-state index in [2.05, 4.69) is 5.11 Å². The van der Waals surface area contributed by atoms with Crippen LogP contribution in [0.5, 0.6) is 0 Å². The van der Waals surface area contributed by atoms with Crippen LogP contribution in [-0.4, -0.2) is 36.3 Å². The van der Waals surface area contributed by atoms with E-state index in [1.165, 1.54) is 6.92 Å². The summed E-state index contributed by atoms with van der Waals surface area (Å²) in [6.45, 7) is 0.840. The molecule has 0 saturated heterocycles. The van der Waals surface area contributed by atoms with Crippen molar-refractivity contribution in [2.75, 3.05) is 6.61 Å². The Morgan fingerprint density at radius 3 is 2.46 bits per heavy atom. The summed E-state index contributed by atoms with van der Waals surface area (Å²) in [7, 11) is 0. The summed E-state index contributed by atoms with van der Waals surface area (Å²) in [5, 5.41) is 12.8. The van der Waals surface area contributed by atoms with E-state index in [9.17, 15) is 18.0 Å². The lowest BCUT2D eigenvalue weighted by molar-refractivity contribution is -0.173. The van der Waals surface area contributed by atoms with Gasteiger partial charge in [-0.05, 0) is 6.92 Å². The average molecular weight is 201 g/mol. The van der Waals surface area contributed by atoms with Crippen molar-refractivity contribution in [3.8, 4) is 0 Å². The van der Waals surface area contributed by atoms with Gasteiger partial charge in [-0.3, -0.25) is 4.79 Å². The molecule has 78 valence electrons. The highest BCUT2D eigenvalue weighted by atomic mass is 19.4. The van der Waals surface area contributed by atoms with Crippen LogP contribution in [0.2, 0.25) is 0 Å². The van der Waals surface area contributed by atoms with Crippen LogP contribution in [-0.2, 0) is 4.79 Å². The molecule has 0 aliphatic rings. The second kappa shape index (κ2) is 4.57. The number of aliphatic hydroxyl groups is 2. The van der Waals surface area contributed by atoms with Gasteiger partial charge in [0.25, 0.3) is 0 Å². The minimum Gasteiger partial charge on any atom is -0.396 e. The van der Waals surface area contributed by atoms with Crippen LogP contribution < -0.4 is 0 Å². The molecule has 0 aliphatic heterocycles. The first kappa shape index (κ1) is 10.5. The molecule has 0 aromatic rings. The van der Waals surface area contributed by atoms with Crippen molar-refractivity contribution in [2.24, 2.45) is 5.92 Å². The van der Waals surface area contributed by atoms with Gasteiger partial charge in [0.15, 0.2) is 0 Å². The minimum atomic E-state index is -4.89. The van der Waals surface area contributed by atoms with E-state index in [4.69, 9.17) is 6.54 Å². The number of halogens is 3. The molecule has 2 atom stereocenters. The van der Waals surface area contributed by atoms with Crippen molar-refractivity contribution < 1.29 is 28.2 Å². The smallest absolute Gasteiger partial charge is 0.396 e. The average Bonchev–Trinajstić information content (AvgIpc) is 2.01. The number of rotatable bonds is 5. The van der Waals surface area contributed by atoms with Crippen molar-refractivity contribution >= 4 is 5.78 Å². The van der Waals surface area contributed by atoms with Gasteiger partial charge in [-0.1, -0.05) is 0 Å². The van der Waals surface area contributed by atoms with E-state index in [1.807, 2.05) is 0 Å². The Balaban J connectivity index is 4.24. The van der Waals surface area contributed by atoms with Gasteiger partial charge >= 0.3 is 6.18 Å². The minimum absolute atomic E-state index is 0.403. The lowest BCUT2D eigenvalue weighted by Crippen LogP contribution is -2.30. The molecule has 3 nitrogen and oxygen atoms in total. The molecule has 6 heteroatoms. The van der Waals surface area contributed by atoms with Gasteiger partial charge in [0.2, 0.25) is 7.21 Å². The Kier molecular flexibility index (Phi) is 3.68. The van der Waals surface area contributed by atoms with Gasteiger partial charge in [0.1, 0.15) is 0 Å². The molecule has 0 spiro atoms. The van der Waals surface area contributed by atoms with Crippen molar-refractivity contribution in [1.82, 2.24) is 0 Å². The highest BCUT2D eigenvalue weighted by Gasteiger charge is 2.39. The predicted molar refractivity (Wildman–Crippen MR) is 37.9 cm³/mol. The number of aliphatic hydroxyl groups excluding tert-OH is 2. The Bertz CT molecular complexity index is 193. The molecule has 0 saturated carbocycles. The first-order chi connectivity index (χ1) is 6.29. The maximum atomic E-state index is 11.8. The van der Waals surface area contributed by atoms with E-state index in [0.29, 0.717) is 0 Å². The molecule has 2 N–H and O–H groups in total. The van der Waals surface area contributed by atoms with Gasteiger partial charge in [-0.15, -0.1) is 0 Å². The van der Waals surface area contributed by atoms with Gasteiger partial charge in [-0.25, -0.2) is 0 Å². The first-order valence-electron chi connectivity index (χ1n) is 4.06. The van der Waals surface area contributed by atoms with Crippen molar-refractivity contribution in [1.29, 1.82) is 1.43 Å². The molecular weight excluding hydrogens is 189 g/mol. The topological polar surface area (TPSA) is 57.5 Å². The zero-order chi connectivity index (χ0) is 11.4. The summed E-state index contributed by atoms with van der Waals surface area (Å²) < 4.78 is 41.7. The van der Waals surface area contributed by atoms with Crippen LogP contribution in [0, 0.1) is 5.92 Å². The summed E-state index contributed by atoms with van der Waals surface area (Å²) in [5.41, 5.74) is 0. The normalized spacial score (nSPS) is 17.8. The van der Waals surface area contributed by atoms with Crippen molar-refractivity contribution in [3.05, 3.63) is 0 Å². The van der Waals surface area contributed by atoms with Crippen LogP contribution in [0.3, 0.4) is 0 Å². The Labute approximate surface area is 74.7 Å². The molecule has 0 aliphatic carbocycles. The van der Waals surface area contributed by atoms with E-state index >= 15 is 0 Å². The maximum absolute atomic E-state index is 11.8. The standard InChI is InChI=1S/C7H11F3O3/c1-4(12)5(3-11)2-6(13)7(8,9)10/h4-5,11-12H,2-3H2,1H3/t4-,5-/m0/s1/i11D. The van der Waals surface area contributed by atoms with Crippen LogP contribution in [0.1, 0.15) is 13.3 Å². The van der Waals surface area contributed by atoms with Crippen LogP contribution in [0.4, 0.5) is 13.2 Å². The summed E-state index contributed by atoms with van der Waals surface area (Å²) in [4.78, 5) is 10.5. The number of carbonyl (C=O) groups excluding carboxylic acids is 1. The molecule has 0 aromatic heterocycles. The van der Waals surface area contributed by atoms with Crippen molar-refractivity contribution in [2.45, 2.75) is 25.6 Å². The first-order valence-corrected chi connectivity index (χ1v) is 3.65. The monoisotopic (exact) mass is 201 g/mol. The summed E-state index contributed by atoms with van der Waals surface area (Å²) in [6, 6.07) is 0. The second-order valence-corrected chi connectivity index (χ2v) is 2.79. The summed E-state index contributed by atoms with van der Waals surface area (Å²) in [6.07, 6.45) is -6.87. The molecule has 0 heterocycles. The Hall–Kier alpha value is -0.620. The quantitative estimate of drug-likeness (QED) is 0.680. The number of hydrogen-bond acceptors (Lipinski definition) is 3. The lowest BCUT2D eigenvalue weighted by Gasteiger charge is -2.16. The van der Waals surface area contributed by atoms with Gasteiger partial charge < -0.3 is 10.2 Å². The Morgan fingerprint density at radius 2 is 2.15 bits per heavy atom. The second-order valence-electron chi connectivity index (χ2n) is 2.79. The molecule has 13 heavy (non-hydrogen) atoms. The third kappa shape index (κ3) is 4.23. The van der Waals surface area contributed by atoms with Crippen LogP contribution in [0.15, 0.2) is 0 Å². The molecule has 0 amide bonds. The molecule has 0 bridgehead atoms. The summed E-state index contributed by atoms with van der Waals surface area (Å²) >= 11 is 0. The molecule has 0 fully saturated rings. The zero-order valence-electron chi connectivity index (χ0n) is 7.97. The maximum Gasteiger partial charge on any atom is 0.449 e. The molecule has 0 aromatic carbocycles.